The molecule has 0 heterocycles. The van der Waals surface area contributed by atoms with Gasteiger partial charge in [-0.25, -0.2) is 4.79 Å². The van der Waals surface area contributed by atoms with Crippen LogP contribution in [-0.2, 0) is 4.74 Å². The fourth-order valence-corrected chi connectivity index (χ4v) is 1.09. The van der Waals surface area contributed by atoms with Gasteiger partial charge in [-0.2, -0.15) is 0 Å². The molecule has 74 valence electrons. The molecule has 0 atom stereocenters. The lowest BCUT2D eigenvalue weighted by Gasteiger charge is -2.06. The minimum Gasteiger partial charge on any atom is -0.458 e. The highest BCUT2D eigenvalue weighted by atomic mass is 16.5. The molecule has 0 spiro atoms. The number of hydrogen-bond acceptors (Lipinski definition) is 3. The first-order chi connectivity index (χ1) is 6.66. The van der Waals surface area contributed by atoms with Crippen molar-refractivity contribution in [1.82, 2.24) is 0 Å². The summed E-state index contributed by atoms with van der Waals surface area (Å²) >= 11 is 0. The molecule has 0 aromatic heterocycles. The van der Waals surface area contributed by atoms with Gasteiger partial charge in [0.2, 0.25) is 0 Å². The van der Waals surface area contributed by atoms with E-state index in [-0.39, 0.29) is 12.6 Å². The summed E-state index contributed by atoms with van der Waals surface area (Å²) in [5.74, 6) is -0.366. The number of rotatable bonds is 3. The molecule has 0 saturated carbocycles. The summed E-state index contributed by atoms with van der Waals surface area (Å²) in [6.07, 6.45) is 1.53. The van der Waals surface area contributed by atoms with E-state index in [1.807, 2.05) is 0 Å². The number of nitrogens with two attached hydrogens (primary N) is 1. The fourth-order valence-electron chi connectivity index (χ4n) is 1.09. The van der Waals surface area contributed by atoms with E-state index in [1.165, 1.54) is 6.08 Å². The maximum absolute atomic E-state index is 11.5. The summed E-state index contributed by atoms with van der Waals surface area (Å²) < 4.78 is 4.90. The maximum atomic E-state index is 11.5. The Morgan fingerprint density at radius 1 is 1.64 bits per heavy atom. The van der Waals surface area contributed by atoms with Crippen LogP contribution in [-0.4, -0.2) is 12.6 Å². The maximum Gasteiger partial charge on any atom is 0.338 e. The number of benzene rings is 1. The molecule has 3 nitrogen and oxygen atoms in total. The van der Waals surface area contributed by atoms with Gasteiger partial charge in [0.1, 0.15) is 6.61 Å². The average molecular weight is 191 g/mol. The second-order valence-corrected chi connectivity index (χ2v) is 2.91. The summed E-state index contributed by atoms with van der Waals surface area (Å²) in [4.78, 5) is 11.5. The zero-order valence-corrected chi connectivity index (χ0v) is 8.12. The lowest BCUT2D eigenvalue weighted by Crippen LogP contribution is -2.08. The van der Waals surface area contributed by atoms with E-state index in [1.54, 1.807) is 25.1 Å². The van der Waals surface area contributed by atoms with Crippen LogP contribution in [0.2, 0.25) is 0 Å². The highest BCUT2D eigenvalue weighted by molar-refractivity contribution is 5.92. The second-order valence-electron chi connectivity index (χ2n) is 2.91. The SMILES string of the molecule is C=CCOC(=O)c1cccc(N)c1C. The summed E-state index contributed by atoms with van der Waals surface area (Å²) in [6, 6.07) is 5.17. The lowest BCUT2D eigenvalue weighted by molar-refractivity contribution is 0.0549. The Morgan fingerprint density at radius 3 is 3.00 bits per heavy atom. The molecule has 0 radical (unpaired) electrons. The van der Waals surface area contributed by atoms with Crippen LogP contribution in [0.1, 0.15) is 15.9 Å². The third kappa shape index (κ3) is 2.13. The van der Waals surface area contributed by atoms with Crippen LogP contribution in [0.25, 0.3) is 0 Å². The number of esters is 1. The Kier molecular flexibility index (Phi) is 3.29. The lowest BCUT2D eigenvalue weighted by atomic mass is 10.1. The van der Waals surface area contributed by atoms with Gasteiger partial charge >= 0.3 is 5.97 Å². The molecule has 1 aromatic carbocycles. The molecule has 0 aliphatic heterocycles. The van der Waals surface area contributed by atoms with Crippen molar-refractivity contribution in [3.63, 3.8) is 0 Å². The van der Waals surface area contributed by atoms with Crippen LogP contribution in [0.3, 0.4) is 0 Å². The Bertz CT molecular complexity index is 358. The van der Waals surface area contributed by atoms with Crippen molar-refractivity contribution in [2.75, 3.05) is 12.3 Å². The van der Waals surface area contributed by atoms with Gasteiger partial charge < -0.3 is 10.5 Å². The van der Waals surface area contributed by atoms with Gasteiger partial charge in [-0.15, -0.1) is 0 Å². The van der Waals surface area contributed by atoms with Crippen molar-refractivity contribution in [3.8, 4) is 0 Å². The Balaban J connectivity index is 2.89. The third-order valence-corrected chi connectivity index (χ3v) is 1.93. The molecule has 0 aliphatic rings. The Morgan fingerprint density at radius 2 is 2.36 bits per heavy atom. The molecular formula is C11H13NO2. The number of ether oxygens (including phenoxy) is 1. The van der Waals surface area contributed by atoms with E-state index in [0.29, 0.717) is 11.3 Å². The van der Waals surface area contributed by atoms with Crippen molar-refractivity contribution in [3.05, 3.63) is 42.0 Å². The smallest absolute Gasteiger partial charge is 0.338 e. The molecule has 14 heavy (non-hydrogen) atoms. The van der Waals surface area contributed by atoms with Crippen molar-refractivity contribution < 1.29 is 9.53 Å². The number of nitrogen functional groups attached to an aromatic ring is 1. The number of hydrogen-bond donors (Lipinski definition) is 1. The molecule has 0 aliphatic carbocycles. The summed E-state index contributed by atoms with van der Waals surface area (Å²) in [7, 11) is 0. The predicted molar refractivity (Wildman–Crippen MR) is 56.1 cm³/mol. The standard InChI is InChI=1S/C11H13NO2/c1-3-7-14-11(13)9-5-4-6-10(12)8(9)2/h3-6H,1,7,12H2,2H3. The van der Waals surface area contributed by atoms with Gasteiger partial charge in [-0.1, -0.05) is 18.7 Å². The second kappa shape index (κ2) is 4.46. The van der Waals surface area contributed by atoms with E-state index in [4.69, 9.17) is 10.5 Å². The monoisotopic (exact) mass is 191 g/mol. The molecular weight excluding hydrogens is 178 g/mol. The third-order valence-electron chi connectivity index (χ3n) is 1.93. The zero-order valence-electron chi connectivity index (χ0n) is 8.12. The van der Waals surface area contributed by atoms with E-state index in [9.17, 15) is 4.79 Å². The normalized spacial score (nSPS) is 9.50. The minimum atomic E-state index is -0.366. The van der Waals surface area contributed by atoms with E-state index in [2.05, 4.69) is 6.58 Å². The van der Waals surface area contributed by atoms with Gasteiger partial charge in [0.05, 0.1) is 5.56 Å². The molecule has 0 bridgehead atoms. The predicted octanol–water partition coefficient (Wildman–Crippen LogP) is 1.92. The summed E-state index contributed by atoms with van der Waals surface area (Å²) in [6.45, 7) is 5.47. The van der Waals surface area contributed by atoms with Crippen LogP contribution < -0.4 is 5.73 Å². The molecule has 0 unspecified atom stereocenters. The summed E-state index contributed by atoms with van der Waals surface area (Å²) in [5, 5.41) is 0. The van der Waals surface area contributed by atoms with Crippen LogP contribution >= 0.6 is 0 Å². The van der Waals surface area contributed by atoms with E-state index < -0.39 is 0 Å². The van der Waals surface area contributed by atoms with E-state index >= 15 is 0 Å². The van der Waals surface area contributed by atoms with Gasteiger partial charge in [0.25, 0.3) is 0 Å². The van der Waals surface area contributed by atoms with Crippen LogP contribution in [0.4, 0.5) is 5.69 Å². The van der Waals surface area contributed by atoms with Crippen molar-refractivity contribution in [1.29, 1.82) is 0 Å². The topological polar surface area (TPSA) is 52.3 Å². The van der Waals surface area contributed by atoms with Gasteiger partial charge in [0.15, 0.2) is 0 Å². The first kappa shape index (κ1) is 10.3. The molecule has 1 aromatic rings. The molecule has 2 N–H and O–H groups in total. The molecule has 1 rings (SSSR count). The Labute approximate surface area is 83.2 Å². The average Bonchev–Trinajstić information content (AvgIpc) is 2.18. The van der Waals surface area contributed by atoms with Crippen LogP contribution in [0.5, 0.6) is 0 Å². The van der Waals surface area contributed by atoms with Gasteiger partial charge in [-0.3, -0.25) is 0 Å². The highest BCUT2D eigenvalue weighted by Crippen LogP contribution is 2.16. The first-order valence-electron chi connectivity index (χ1n) is 4.30. The van der Waals surface area contributed by atoms with Crippen molar-refractivity contribution in [2.24, 2.45) is 0 Å². The Hall–Kier alpha value is -1.77. The minimum absolute atomic E-state index is 0.215. The van der Waals surface area contributed by atoms with Crippen LogP contribution in [0, 0.1) is 6.92 Å². The molecule has 3 heteroatoms. The first-order valence-corrected chi connectivity index (χ1v) is 4.30. The number of carbonyl (C=O) groups is 1. The van der Waals surface area contributed by atoms with Gasteiger partial charge in [-0.05, 0) is 24.6 Å². The molecule has 0 saturated heterocycles. The largest absolute Gasteiger partial charge is 0.458 e. The summed E-state index contributed by atoms with van der Waals surface area (Å²) in [5.41, 5.74) is 7.51. The fraction of sp³-hybridized carbons (Fsp3) is 0.182. The van der Waals surface area contributed by atoms with Crippen LogP contribution in [0.15, 0.2) is 30.9 Å². The van der Waals surface area contributed by atoms with E-state index in [0.717, 1.165) is 5.56 Å². The number of anilines is 1. The van der Waals surface area contributed by atoms with Crippen molar-refractivity contribution >= 4 is 11.7 Å². The van der Waals surface area contributed by atoms with Gasteiger partial charge in [0, 0.05) is 5.69 Å². The van der Waals surface area contributed by atoms with Crippen molar-refractivity contribution in [2.45, 2.75) is 6.92 Å². The molecule has 0 fully saturated rings. The molecule has 0 amide bonds. The quantitative estimate of drug-likeness (QED) is 0.451. The number of carbonyl (C=O) groups excluding carboxylic acids is 1. The zero-order chi connectivity index (χ0) is 10.6. The highest BCUT2D eigenvalue weighted by Gasteiger charge is 2.10.